The van der Waals surface area contributed by atoms with Crippen LogP contribution in [0.2, 0.25) is 0 Å². The van der Waals surface area contributed by atoms with Gasteiger partial charge in [-0.15, -0.1) is 11.3 Å². The summed E-state index contributed by atoms with van der Waals surface area (Å²) in [5.74, 6) is -0.0206. The molecule has 2 aromatic heterocycles. The van der Waals surface area contributed by atoms with Crippen LogP contribution in [-0.2, 0) is 6.54 Å². The number of rotatable bonds is 4. The fourth-order valence-corrected chi connectivity index (χ4v) is 2.50. The van der Waals surface area contributed by atoms with Crippen molar-refractivity contribution in [2.75, 3.05) is 17.7 Å². The lowest BCUT2D eigenvalue weighted by molar-refractivity contribution is 0.0995. The maximum Gasteiger partial charge on any atom is 0.267 e. The van der Waals surface area contributed by atoms with Crippen LogP contribution in [0.3, 0.4) is 0 Å². The summed E-state index contributed by atoms with van der Waals surface area (Å²) in [7, 11) is 1.86. The average molecular weight is 277 g/mol. The zero-order chi connectivity index (χ0) is 14.0. The molecule has 0 unspecified atom stereocenters. The Morgan fingerprint density at radius 3 is 2.79 bits per heavy atom. The van der Waals surface area contributed by atoms with Gasteiger partial charge in [0.05, 0.1) is 23.4 Å². The van der Waals surface area contributed by atoms with Crippen LogP contribution in [0.25, 0.3) is 0 Å². The van der Waals surface area contributed by atoms with Crippen molar-refractivity contribution in [3.05, 3.63) is 33.9 Å². The van der Waals surface area contributed by atoms with Gasteiger partial charge in [-0.1, -0.05) is 0 Å². The molecule has 19 heavy (non-hydrogen) atoms. The molecule has 0 spiro atoms. The molecule has 0 aliphatic rings. The number of primary amides is 1. The maximum atomic E-state index is 11.2. The molecule has 0 aliphatic carbocycles. The highest BCUT2D eigenvalue weighted by Crippen LogP contribution is 2.23. The van der Waals surface area contributed by atoms with Crippen molar-refractivity contribution in [2.24, 2.45) is 5.73 Å². The number of pyridine rings is 1. The first-order valence-electron chi connectivity index (χ1n) is 5.65. The van der Waals surface area contributed by atoms with Crippen molar-refractivity contribution < 1.29 is 4.79 Å². The van der Waals surface area contributed by atoms with E-state index in [1.165, 1.54) is 6.07 Å². The Hall–Kier alpha value is -2.15. The van der Waals surface area contributed by atoms with Gasteiger partial charge in [-0.25, -0.2) is 9.97 Å². The van der Waals surface area contributed by atoms with Crippen molar-refractivity contribution in [1.82, 2.24) is 9.97 Å². The van der Waals surface area contributed by atoms with E-state index in [2.05, 4.69) is 9.97 Å². The fourth-order valence-electron chi connectivity index (χ4n) is 1.67. The third-order valence-corrected chi connectivity index (χ3v) is 3.66. The van der Waals surface area contributed by atoms with Crippen LogP contribution in [0, 0.1) is 6.92 Å². The average Bonchev–Trinajstić information content (AvgIpc) is 2.75. The molecular formula is C12H15N5OS. The summed E-state index contributed by atoms with van der Waals surface area (Å²) in [4.78, 5) is 22.6. The summed E-state index contributed by atoms with van der Waals surface area (Å²) in [6.07, 6.45) is 0. The molecule has 0 saturated carbocycles. The van der Waals surface area contributed by atoms with Crippen molar-refractivity contribution in [1.29, 1.82) is 0 Å². The molecule has 2 aromatic rings. The number of carbonyl (C=O) groups is 1. The number of nitrogens with two attached hydrogens (primary N) is 2. The van der Waals surface area contributed by atoms with Crippen molar-refractivity contribution >= 4 is 28.7 Å². The normalized spacial score (nSPS) is 10.4. The Morgan fingerprint density at radius 1 is 1.47 bits per heavy atom. The van der Waals surface area contributed by atoms with Crippen LogP contribution < -0.4 is 16.4 Å². The Bertz CT molecular complexity index is 610. The van der Waals surface area contributed by atoms with Gasteiger partial charge in [-0.3, -0.25) is 4.79 Å². The number of anilines is 2. The molecule has 0 radical (unpaired) electrons. The highest BCUT2D eigenvalue weighted by Gasteiger charge is 2.13. The first-order valence-corrected chi connectivity index (χ1v) is 6.53. The third-order valence-electron chi connectivity index (χ3n) is 2.74. The first-order chi connectivity index (χ1) is 8.99. The number of amides is 1. The van der Waals surface area contributed by atoms with Gasteiger partial charge in [-0.2, -0.15) is 0 Å². The maximum absolute atomic E-state index is 11.2. The van der Waals surface area contributed by atoms with Crippen LogP contribution in [0.5, 0.6) is 0 Å². The number of hydrogen-bond donors (Lipinski definition) is 2. The lowest BCUT2D eigenvalue weighted by Gasteiger charge is -2.19. The van der Waals surface area contributed by atoms with Crippen LogP contribution in [-0.4, -0.2) is 22.9 Å². The fraction of sp³-hybridized carbons (Fsp3) is 0.250. The Kier molecular flexibility index (Phi) is 3.66. The molecule has 0 aliphatic heterocycles. The summed E-state index contributed by atoms with van der Waals surface area (Å²) in [6.45, 7) is 2.59. The van der Waals surface area contributed by atoms with Crippen molar-refractivity contribution in [3.8, 4) is 0 Å². The van der Waals surface area contributed by atoms with Gasteiger partial charge in [0.2, 0.25) is 0 Å². The van der Waals surface area contributed by atoms with Crippen LogP contribution in [0.1, 0.15) is 21.1 Å². The molecule has 4 N–H and O–H groups in total. The number of aryl methyl sites for hydroxylation is 1. The minimum Gasteiger partial charge on any atom is -0.396 e. The lowest BCUT2D eigenvalue weighted by atomic mass is 10.3. The second-order valence-electron chi connectivity index (χ2n) is 4.19. The van der Waals surface area contributed by atoms with E-state index < -0.39 is 5.91 Å². The van der Waals surface area contributed by atoms with Gasteiger partial charge in [-0.05, 0) is 19.1 Å². The lowest BCUT2D eigenvalue weighted by Crippen LogP contribution is -2.21. The molecular weight excluding hydrogens is 262 g/mol. The minimum absolute atomic E-state index is 0.206. The number of nitrogen functional groups attached to an aromatic ring is 1. The van der Waals surface area contributed by atoms with E-state index >= 15 is 0 Å². The molecule has 0 fully saturated rings. The van der Waals surface area contributed by atoms with Gasteiger partial charge in [0.1, 0.15) is 5.69 Å². The first kappa shape index (κ1) is 13.3. The molecule has 0 atom stereocenters. The summed E-state index contributed by atoms with van der Waals surface area (Å²) >= 11 is 1.58. The summed E-state index contributed by atoms with van der Waals surface area (Å²) < 4.78 is 0. The number of carbonyl (C=O) groups excluding carboxylic acids is 1. The van der Waals surface area contributed by atoms with Crippen LogP contribution in [0.15, 0.2) is 17.6 Å². The van der Waals surface area contributed by atoms with E-state index in [0.717, 1.165) is 10.6 Å². The van der Waals surface area contributed by atoms with Crippen LogP contribution in [0.4, 0.5) is 11.5 Å². The smallest absolute Gasteiger partial charge is 0.267 e. The van der Waals surface area contributed by atoms with E-state index in [4.69, 9.17) is 11.5 Å². The second-order valence-corrected chi connectivity index (χ2v) is 5.13. The van der Waals surface area contributed by atoms with Gasteiger partial charge in [0, 0.05) is 11.9 Å². The molecule has 2 heterocycles. The van der Waals surface area contributed by atoms with E-state index in [0.29, 0.717) is 18.1 Å². The monoisotopic (exact) mass is 277 g/mol. The van der Waals surface area contributed by atoms with E-state index in [9.17, 15) is 4.79 Å². The zero-order valence-corrected chi connectivity index (χ0v) is 11.6. The number of aromatic nitrogens is 2. The Morgan fingerprint density at radius 2 is 2.21 bits per heavy atom. The SMILES string of the molecule is Cc1ncsc1CN(C)c1nc(C(N)=O)ccc1N. The highest BCUT2D eigenvalue weighted by atomic mass is 32.1. The highest BCUT2D eigenvalue weighted by molar-refractivity contribution is 7.09. The summed E-state index contributed by atoms with van der Waals surface area (Å²) in [6, 6.07) is 3.16. The van der Waals surface area contributed by atoms with Gasteiger partial charge in [0.15, 0.2) is 5.82 Å². The number of thiazole rings is 1. The second kappa shape index (κ2) is 5.23. The largest absolute Gasteiger partial charge is 0.396 e. The molecule has 0 saturated heterocycles. The quantitative estimate of drug-likeness (QED) is 0.874. The molecule has 1 amide bonds. The molecule has 6 nitrogen and oxygen atoms in total. The van der Waals surface area contributed by atoms with Gasteiger partial charge >= 0.3 is 0 Å². The number of nitrogens with zero attached hydrogens (tertiary/aromatic N) is 3. The summed E-state index contributed by atoms with van der Waals surface area (Å²) in [5.41, 5.74) is 14.6. The predicted octanol–water partition coefficient (Wildman–Crippen LogP) is 1.16. The topological polar surface area (TPSA) is 98.1 Å². The van der Waals surface area contributed by atoms with Crippen molar-refractivity contribution in [2.45, 2.75) is 13.5 Å². The van der Waals surface area contributed by atoms with Gasteiger partial charge in [0.25, 0.3) is 5.91 Å². The molecule has 0 aromatic carbocycles. The molecule has 7 heteroatoms. The van der Waals surface area contributed by atoms with Crippen LogP contribution >= 0.6 is 11.3 Å². The molecule has 100 valence electrons. The number of hydrogen-bond acceptors (Lipinski definition) is 6. The zero-order valence-electron chi connectivity index (χ0n) is 10.8. The van der Waals surface area contributed by atoms with E-state index in [-0.39, 0.29) is 5.69 Å². The van der Waals surface area contributed by atoms with E-state index in [1.807, 2.05) is 18.9 Å². The van der Waals surface area contributed by atoms with Gasteiger partial charge < -0.3 is 16.4 Å². The minimum atomic E-state index is -0.566. The molecule has 2 rings (SSSR count). The predicted molar refractivity (Wildman–Crippen MR) is 76.1 cm³/mol. The molecule has 0 bridgehead atoms. The Labute approximate surface area is 115 Å². The Balaban J connectivity index is 2.28. The van der Waals surface area contributed by atoms with E-state index in [1.54, 1.807) is 22.9 Å². The summed E-state index contributed by atoms with van der Waals surface area (Å²) in [5, 5.41) is 0. The van der Waals surface area contributed by atoms with Crippen molar-refractivity contribution in [3.63, 3.8) is 0 Å². The standard InChI is InChI=1S/C12H15N5OS/c1-7-10(19-6-15-7)5-17(2)12-8(13)3-4-9(16-12)11(14)18/h3-4,6H,5,13H2,1-2H3,(H2,14,18). The third kappa shape index (κ3) is 2.82.